The molecule has 3 aromatic carbocycles. The van der Waals surface area contributed by atoms with Crippen molar-refractivity contribution in [2.75, 3.05) is 7.11 Å². The molecule has 0 saturated heterocycles. The van der Waals surface area contributed by atoms with Crippen molar-refractivity contribution in [2.45, 2.75) is 20.0 Å². The molecule has 4 rings (SSSR count). The second kappa shape index (κ2) is 8.83. The number of hydrogen-bond donors (Lipinski definition) is 0. The summed E-state index contributed by atoms with van der Waals surface area (Å²) in [5.74, 6) is 0.959. The van der Waals surface area contributed by atoms with Gasteiger partial charge in [0.05, 0.1) is 7.11 Å². The van der Waals surface area contributed by atoms with Crippen LogP contribution >= 0.6 is 0 Å². The molecule has 4 aromatic rings. The van der Waals surface area contributed by atoms with Gasteiger partial charge in [-0.1, -0.05) is 35.9 Å². The lowest BCUT2D eigenvalue weighted by molar-refractivity contribution is -0.143. The third-order valence-corrected chi connectivity index (χ3v) is 4.83. The predicted octanol–water partition coefficient (Wildman–Crippen LogP) is 5.52. The van der Waals surface area contributed by atoms with Gasteiger partial charge in [0.2, 0.25) is 5.89 Å². The largest absolute Gasteiger partial charge is 0.497 e. The van der Waals surface area contributed by atoms with Gasteiger partial charge in [0.1, 0.15) is 5.75 Å². The third-order valence-electron chi connectivity index (χ3n) is 4.83. The van der Waals surface area contributed by atoms with Crippen molar-refractivity contribution in [1.82, 2.24) is 10.2 Å². The number of esters is 1. The fourth-order valence-electron chi connectivity index (χ4n) is 3.19. The number of hydrogen-bond acceptors (Lipinski definition) is 6. The Labute approximate surface area is 180 Å². The molecule has 0 fully saturated rings. The van der Waals surface area contributed by atoms with Crippen LogP contribution in [-0.2, 0) is 9.53 Å². The average molecular weight is 414 g/mol. The summed E-state index contributed by atoms with van der Waals surface area (Å²) in [5.41, 5.74) is 2.81. The number of nitrogens with zero attached hydrogens (tertiary/aromatic N) is 2. The Balaban J connectivity index is 1.41. The molecule has 0 aliphatic heterocycles. The standard InChI is InChI=1S/C25H22N2O4/c1-16-5-4-6-21(13-16)25-27-26-24(31-25)17(2)30-23(28)12-8-18-7-9-20-15-22(29-3)11-10-19(20)14-18/h4-15,17H,1-3H3/b12-8+. The van der Waals surface area contributed by atoms with E-state index in [-0.39, 0.29) is 5.89 Å². The van der Waals surface area contributed by atoms with Crippen molar-refractivity contribution >= 4 is 22.8 Å². The van der Waals surface area contributed by atoms with Gasteiger partial charge in [-0.25, -0.2) is 4.79 Å². The van der Waals surface area contributed by atoms with Crippen molar-refractivity contribution in [1.29, 1.82) is 0 Å². The van der Waals surface area contributed by atoms with Crippen molar-refractivity contribution in [2.24, 2.45) is 0 Å². The number of rotatable bonds is 6. The SMILES string of the molecule is COc1ccc2cc(/C=C/C(=O)OC(C)c3nnc(-c4cccc(C)c4)o3)ccc2c1. The molecule has 0 aliphatic rings. The summed E-state index contributed by atoms with van der Waals surface area (Å²) in [5, 5.41) is 10.2. The Morgan fingerprint density at radius 2 is 1.84 bits per heavy atom. The smallest absolute Gasteiger partial charge is 0.331 e. The zero-order valence-electron chi connectivity index (χ0n) is 17.5. The molecule has 31 heavy (non-hydrogen) atoms. The first kappa shape index (κ1) is 20.3. The highest BCUT2D eigenvalue weighted by atomic mass is 16.6. The molecule has 0 bridgehead atoms. The summed E-state index contributed by atoms with van der Waals surface area (Å²) in [7, 11) is 1.64. The number of aryl methyl sites for hydroxylation is 1. The average Bonchev–Trinajstić information content (AvgIpc) is 3.28. The molecule has 1 atom stereocenters. The Morgan fingerprint density at radius 1 is 1.03 bits per heavy atom. The Hall–Kier alpha value is -3.93. The van der Waals surface area contributed by atoms with Crippen LogP contribution in [0.25, 0.3) is 28.3 Å². The van der Waals surface area contributed by atoms with Crippen molar-refractivity contribution < 1.29 is 18.7 Å². The number of carbonyl (C=O) groups is 1. The zero-order chi connectivity index (χ0) is 21.8. The van der Waals surface area contributed by atoms with Crippen molar-refractivity contribution in [3.05, 3.63) is 83.8 Å². The van der Waals surface area contributed by atoms with Gasteiger partial charge in [-0.15, -0.1) is 10.2 Å². The maximum atomic E-state index is 12.3. The van der Waals surface area contributed by atoms with E-state index in [2.05, 4.69) is 10.2 Å². The summed E-state index contributed by atoms with van der Waals surface area (Å²) >= 11 is 0. The minimum atomic E-state index is -0.660. The van der Waals surface area contributed by atoms with Gasteiger partial charge in [-0.2, -0.15) is 0 Å². The van der Waals surface area contributed by atoms with Crippen LogP contribution in [0.15, 0.2) is 71.2 Å². The van der Waals surface area contributed by atoms with E-state index in [1.807, 2.05) is 67.6 Å². The third kappa shape index (κ3) is 4.80. The van der Waals surface area contributed by atoms with Gasteiger partial charge >= 0.3 is 5.97 Å². The molecule has 1 aromatic heterocycles. The van der Waals surface area contributed by atoms with Crippen LogP contribution in [0.3, 0.4) is 0 Å². The van der Waals surface area contributed by atoms with Gasteiger partial charge < -0.3 is 13.9 Å². The molecular formula is C25H22N2O4. The summed E-state index contributed by atoms with van der Waals surface area (Å²) in [6, 6.07) is 19.5. The second-order valence-corrected chi connectivity index (χ2v) is 7.20. The van der Waals surface area contributed by atoms with E-state index in [0.717, 1.165) is 33.2 Å². The summed E-state index contributed by atoms with van der Waals surface area (Å²) in [6.45, 7) is 3.69. The molecule has 0 N–H and O–H groups in total. The number of fused-ring (bicyclic) bond motifs is 1. The van der Waals surface area contributed by atoms with E-state index in [0.29, 0.717) is 5.89 Å². The minimum Gasteiger partial charge on any atom is -0.497 e. The highest BCUT2D eigenvalue weighted by Gasteiger charge is 2.18. The molecule has 0 radical (unpaired) electrons. The van der Waals surface area contributed by atoms with Gasteiger partial charge in [0.25, 0.3) is 5.89 Å². The number of benzene rings is 3. The van der Waals surface area contributed by atoms with Gasteiger partial charge in [0, 0.05) is 11.6 Å². The first-order valence-electron chi connectivity index (χ1n) is 9.89. The predicted molar refractivity (Wildman–Crippen MR) is 119 cm³/mol. The topological polar surface area (TPSA) is 74.5 Å². The van der Waals surface area contributed by atoms with E-state index < -0.39 is 12.1 Å². The second-order valence-electron chi connectivity index (χ2n) is 7.20. The van der Waals surface area contributed by atoms with Crippen LogP contribution in [0.5, 0.6) is 5.75 Å². The molecule has 1 heterocycles. The quantitative estimate of drug-likeness (QED) is 0.305. The zero-order valence-corrected chi connectivity index (χ0v) is 17.5. The fourth-order valence-corrected chi connectivity index (χ4v) is 3.19. The number of ether oxygens (including phenoxy) is 2. The van der Waals surface area contributed by atoms with E-state index >= 15 is 0 Å². The van der Waals surface area contributed by atoms with Gasteiger partial charge in [-0.3, -0.25) is 0 Å². The number of carbonyl (C=O) groups excluding carboxylic acids is 1. The molecule has 0 saturated carbocycles. The van der Waals surface area contributed by atoms with Crippen molar-refractivity contribution in [3.8, 4) is 17.2 Å². The Morgan fingerprint density at radius 3 is 2.65 bits per heavy atom. The molecule has 0 amide bonds. The molecule has 0 aliphatic carbocycles. The molecule has 1 unspecified atom stereocenters. The minimum absolute atomic E-state index is 0.248. The number of methoxy groups -OCH3 is 1. The molecule has 156 valence electrons. The van der Waals surface area contributed by atoms with E-state index in [4.69, 9.17) is 13.9 Å². The van der Waals surface area contributed by atoms with E-state index in [9.17, 15) is 4.79 Å². The highest BCUT2D eigenvalue weighted by Crippen LogP contribution is 2.24. The van der Waals surface area contributed by atoms with Crippen LogP contribution in [0.4, 0.5) is 0 Å². The maximum absolute atomic E-state index is 12.3. The lowest BCUT2D eigenvalue weighted by Gasteiger charge is -2.07. The summed E-state index contributed by atoms with van der Waals surface area (Å²) in [6.07, 6.45) is 2.44. The molecule has 0 spiro atoms. The lowest BCUT2D eigenvalue weighted by atomic mass is 10.1. The fraction of sp³-hybridized carbons (Fsp3) is 0.160. The first-order chi connectivity index (χ1) is 15.0. The van der Waals surface area contributed by atoms with Gasteiger partial charge in [-0.05, 0) is 66.6 Å². The summed E-state index contributed by atoms with van der Waals surface area (Å²) in [4.78, 5) is 12.3. The Bertz CT molecular complexity index is 1260. The van der Waals surface area contributed by atoms with E-state index in [1.165, 1.54) is 6.08 Å². The van der Waals surface area contributed by atoms with Crippen LogP contribution in [0.1, 0.15) is 30.0 Å². The first-order valence-corrected chi connectivity index (χ1v) is 9.89. The van der Waals surface area contributed by atoms with Gasteiger partial charge in [0.15, 0.2) is 6.10 Å². The Kier molecular flexibility index (Phi) is 5.80. The highest BCUT2D eigenvalue weighted by molar-refractivity contribution is 5.90. The molecule has 6 nitrogen and oxygen atoms in total. The van der Waals surface area contributed by atoms with Crippen LogP contribution in [0, 0.1) is 6.92 Å². The monoisotopic (exact) mass is 414 g/mol. The van der Waals surface area contributed by atoms with Crippen LogP contribution in [-0.4, -0.2) is 23.3 Å². The van der Waals surface area contributed by atoms with Crippen LogP contribution in [0.2, 0.25) is 0 Å². The molecule has 6 heteroatoms. The summed E-state index contributed by atoms with van der Waals surface area (Å²) < 4.78 is 16.3. The maximum Gasteiger partial charge on any atom is 0.331 e. The normalized spacial score (nSPS) is 12.2. The molecular weight excluding hydrogens is 392 g/mol. The lowest BCUT2D eigenvalue weighted by Crippen LogP contribution is -2.06. The van der Waals surface area contributed by atoms with Crippen LogP contribution < -0.4 is 4.74 Å². The van der Waals surface area contributed by atoms with E-state index in [1.54, 1.807) is 20.1 Å². The number of aromatic nitrogens is 2. The van der Waals surface area contributed by atoms with Crippen molar-refractivity contribution in [3.63, 3.8) is 0 Å².